The standard InChI is InChI=1S/C36H48I6N2O3/c1-3-5-6-7-8-9-10-11-12-13-14-15-16-17-18-20-28(45)30(36(46)47-35-27(40)22-26(39)34(44)32(35)42)23(19-4-2)29-24(37)21-25(38)33(43)31(29)41/h11-12,21-23,30H,3-10,13-20,43-44H2,1-2H3. The predicted molar refractivity (Wildman–Crippen MR) is 249 cm³/mol. The van der Waals surface area contributed by atoms with Crippen molar-refractivity contribution in [2.75, 3.05) is 11.5 Å². The summed E-state index contributed by atoms with van der Waals surface area (Å²) in [5, 5.41) is 0. The number of rotatable bonds is 22. The zero-order valence-corrected chi connectivity index (χ0v) is 40.4. The molecule has 5 nitrogen and oxygen atoms in total. The summed E-state index contributed by atoms with van der Waals surface area (Å²) in [6.07, 6.45) is 22.1. The van der Waals surface area contributed by atoms with Crippen LogP contribution in [0.5, 0.6) is 5.75 Å². The molecule has 0 aromatic heterocycles. The quantitative estimate of drug-likeness (QED) is 0.0233. The van der Waals surface area contributed by atoms with Gasteiger partial charge in [0.05, 0.1) is 18.5 Å². The fraction of sp³-hybridized carbons (Fsp3) is 0.556. The molecule has 0 aliphatic carbocycles. The van der Waals surface area contributed by atoms with Gasteiger partial charge in [0.1, 0.15) is 11.7 Å². The first-order chi connectivity index (χ1) is 22.5. The highest BCUT2D eigenvalue weighted by atomic mass is 127. The second-order valence-electron chi connectivity index (χ2n) is 12.0. The molecule has 0 bridgehead atoms. The molecule has 2 rings (SSSR count). The minimum atomic E-state index is -0.930. The van der Waals surface area contributed by atoms with Crippen molar-refractivity contribution in [2.24, 2.45) is 5.92 Å². The molecular formula is C36H48I6N2O3. The van der Waals surface area contributed by atoms with E-state index < -0.39 is 11.9 Å². The molecule has 2 unspecified atom stereocenters. The topological polar surface area (TPSA) is 95.4 Å². The summed E-state index contributed by atoms with van der Waals surface area (Å²) < 4.78 is 11.4. The monoisotopic (exact) mass is 1320 g/mol. The van der Waals surface area contributed by atoms with Crippen LogP contribution in [-0.4, -0.2) is 11.8 Å². The maximum atomic E-state index is 14.1. The van der Waals surface area contributed by atoms with Gasteiger partial charge in [-0.05, 0) is 192 Å². The zero-order chi connectivity index (χ0) is 34.9. The van der Waals surface area contributed by atoms with Gasteiger partial charge in [-0.25, -0.2) is 0 Å². The lowest BCUT2D eigenvalue weighted by molar-refractivity contribution is -0.145. The molecule has 0 fully saturated rings. The summed E-state index contributed by atoms with van der Waals surface area (Å²) in [5.41, 5.74) is 15.0. The van der Waals surface area contributed by atoms with E-state index in [1.54, 1.807) is 0 Å². The van der Waals surface area contributed by atoms with Crippen molar-refractivity contribution in [2.45, 2.75) is 122 Å². The van der Waals surface area contributed by atoms with Crippen LogP contribution in [0.1, 0.15) is 128 Å². The first kappa shape index (κ1) is 44.5. The SMILES string of the molecule is CCCCCCCCC=CCCCCCCCC(=O)C(C(=O)Oc1c(I)cc(I)c(N)c1I)C(CCC)c1c(I)cc(I)c(N)c1I. The van der Waals surface area contributed by atoms with Crippen molar-refractivity contribution < 1.29 is 14.3 Å². The Morgan fingerprint density at radius 1 is 0.681 bits per heavy atom. The van der Waals surface area contributed by atoms with Crippen LogP contribution in [0.4, 0.5) is 11.4 Å². The number of unbranched alkanes of at least 4 members (excludes halogenated alkanes) is 11. The fourth-order valence-corrected chi connectivity index (χ4v) is 13.4. The summed E-state index contributed by atoms with van der Waals surface area (Å²) in [6.45, 7) is 4.35. The summed E-state index contributed by atoms with van der Waals surface area (Å²) in [4.78, 5) is 28.2. The minimum absolute atomic E-state index is 0.0571. The Kier molecular flexibility index (Phi) is 23.2. The van der Waals surface area contributed by atoms with E-state index in [1.165, 1.54) is 51.4 Å². The van der Waals surface area contributed by atoms with Crippen LogP contribution >= 0.6 is 136 Å². The van der Waals surface area contributed by atoms with Crippen molar-refractivity contribution in [3.05, 3.63) is 51.3 Å². The van der Waals surface area contributed by atoms with Gasteiger partial charge in [0, 0.05) is 26.6 Å². The average molecular weight is 1320 g/mol. The molecule has 2 atom stereocenters. The number of Topliss-reactive ketones (excluding diaryl/α,β-unsaturated/α-hetero) is 1. The number of hydrogen-bond donors (Lipinski definition) is 2. The number of carbonyl (C=O) groups is 2. The van der Waals surface area contributed by atoms with Crippen molar-refractivity contribution >= 4 is 159 Å². The van der Waals surface area contributed by atoms with E-state index in [2.05, 4.69) is 162 Å². The van der Waals surface area contributed by atoms with Gasteiger partial charge in [-0.15, -0.1) is 0 Å². The molecule has 2 aromatic rings. The summed E-state index contributed by atoms with van der Waals surface area (Å²) in [6, 6.07) is 3.94. The van der Waals surface area contributed by atoms with Gasteiger partial charge in [0.25, 0.3) is 0 Å². The number of carbonyl (C=O) groups excluding carboxylic acids is 2. The molecular weight excluding hydrogens is 1270 g/mol. The fourth-order valence-electron chi connectivity index (χ4n) is 5.64. The van der Waals surface area contributed by atoms with Crippen LogP contribution < -0.4 is 16.2 Å². The Morgan fingerprint density at radius 2 is 1.19 bits per heavy atom. The predicted octanol–water partition coefficient (Wildman–Crippen LogP) is 13.2. The molecule has 0 amide bonds. The molecule has 2 aromatic carbocycles. The number of nitrogen functional groups attached to an aromatic ring is 2. The number of anilines is 2. The van der Waals surface area contributed by atoms with Gasteiger partial charge in [-0.3, -0.25) is 9.59 Å². The normalized spacial score (nSPS) is 12.9. The molecule has 0 heterocycles. The highest BCUT2D eigenvalue weighted by Crippen LogP contribution is 2.42. The van der Waals surface area contributed by atoms with E-state index in [4.69, 9.17) is 16.2 Å². The van der Waals surface area contributed by atoms with Gasteiger partial charge in [-0.1, -0.05) is 83.8 Å². The second-order valence-corrected chi connectivity index (χ2v) is 18.8. The van der Waals surface area contributed by atoms with Gasteiger partial charge in [-0.2, -0.15) is 0 Å². The molecule has 0 saturated heterocycles. The zero-order valence-electron chi connectivity index (χ0n) is 27.4. The highest BCUT2D eigenvalue weighted by Gasteiger charge is 2.39. The number of ether oxygens (including phenoxy) is 1. The number of allylic oxidation sites excluding steroid dienone is 2. The second kappa shape index (κ2) is 24.5. The van der Waals surface area contributed by atoms with Gasteiger partial charge in [0.2, 0.25) is 0 Å². The molecule has 11 heteroatoms. The number of benzene rings is 2. The van der Waals surface area contributed by atoms with Crippen LogP contribution in [0, 0.1) is 27.3 Å². The number of halogens is 6. The smallest absolute Gasteiger partial charge is 0.322 e. The van der Waals surface area contributed by atoms with Crippen LogP contribution in [0.2, 0.25) is 0 Å². The van der Waals surface area contributed by atoms with Crippen molar-refractivity contribution in [1.29, 1.82) is 0 Å². The Balaban J connectivity index is 2.10. The van der Waals surface area contributed by atoms with Crippen LogP contribution in [0.3, 0.4) is 0 Å². The molecule has 0 spiro atoms. The number of nitrogens with two attached hydrogens (primary N) is 2. The molecule has 0 aliphatic heterocycles. The summed E-state index contributed by atoms with van der Waals surface area (Å²) in [5.74, 6) is -1.41. The Bertz CT molecular complexity index is 1350. The van der Waals surface area contributed by atoms with E-state index in [0.717, 1.165) is 61.9 Å². The summed E-state index contributed by atoms with van der Waals surface area (Å²) >= 11 is 13.3. The Hall–Kier alpha value is 1.30. The maximum Gasteiger partial charge on any atom is 0.322 e. The van der Waals surface area contributed by atoms with Gasteiger partial charge >= 0.3 is 5.97 Å². The van der Waals surface area contributed by atoms with Crippen molar-refractivity contribution in [1.82, 2.24) is 0 Å². The molecule has 0 aliphatic rings. The minimum Gasteiger partial charge on any atom is -0.424 e. The lowest BCUT2D eigenvalue weighted by Crippen LogP contribution is -2.35. The molecule has 0 saturated carbocycles. The lowest BCUT2D eigenvalue weighted by Gasteiger charge is -2.28. The molecule has 262 valence electrons. The van der Waals surface area contributed by atoms with Crippen LogP contribution in [0.15, 0.2) is 24.3 Å². The molecule has 4 N–H and O–H groups in total. The number of ketones is 1. The van der Waals surface area contributed by atoms with Crippen molar-refractivity contribution in [3.8, 4) is 5.75 Å². The van der Waals surface area contributed by atoms with Crippen LogP contribution in [0.25, 0.3) is 0 Å². The first-order valence-electron chi connectivity index (χ1n) is 16.7. The maximum absolute atomic E-state index is 14.1. The Labute approximate surface area is 364 Å². The third kappa shape index (κ3) is 14.7. The van der Waals surface area contributed by atoms with E-state index in [0.29, 0.717) is 33.5 Å². The molecule has 0 radical (unpaired) electrons. The van der Waals surface area contributed by atoms with E-state index in [9.17, 15) is 9.59 Å². The first-order valence-corrected chi connectivity index (χ1v) is 23.2. The molecule has 47 heavy (non-hydrogen) atoms. The van der Waals surface area contributed by atoms with E-state index in [-0.39, 0.29) is 11.7 Å². The largest absolute Gasteiger partial charge is 0.424 e. The number of hydrogen-bond acceptors (Lipinski definition) is 5. The third-order valence-electron chi connectivity index (χ3n) is 8.27. The van der Waals surface area contributed by atoms with E-state index in [1.807, 2.05) is 12.1 Å². The average Bonchev–Trinajstić information content (AvgIpc) is 3.03. The van der Waals surface area contributed by atoms with Crippen LogP contribution in [-0.2, 0) is 9.59 Å². The number of esters is 1. The Morgan fingerprint density at radius 3 is 1.77 bits per heavy atom. The summed E-state index contributed by atoms with van der Waals surface area (Å²) in [7, 11) is 0. The highest BCUT2D eigenvalue weighted by molar-refractivity contribution is 14.1. The van der Waals surface area contributed by atoms with Gasteiger partial charge in [0.15, 0.2) is 5.75 Å². The lowest BCUT2D eigenvalue weighted by atomic mass is 9.79. The van der Waals surface area contributed by atoms with E-state index >= 15 is 0 Å². The third-order valence-corrected chi connectivity index (χ3v) is 14.0. The van der Waals surface area contributed by atoms with Crippen molar-refractivity contribution in [3.63, 3.8) is 0 Å². The van der Waals surface area contributed by atoms with Gasteiger partial charge < -0.3 is 16.2 Å².